The van der Waals surface area contributed by atoms with Gasteiger partial charge < -0.3 is 14.9 Å². The zero-order chi connectivity index (χ0) is 24.7. The molecule has 174 valence electrons. The first-order valence-electron chi connectivity index (χ1n) is 9.72. The number of methoxy groups -OCH3 is 1. The molecule has 1 saturated heterocycles. The van der Waals surface area contributed by atoms with Crippen LogP contribution in [-0.2, 0) is 9.59 Å². The monoisotopic (exact) mass is 537 g/mol. The van der Waals surface area contributed by atoms with Gasteiger partial charge in [0, 0.05) is 10.7 Å². The highest BCUT2D eigenvalue weighted by molar-refractivity contribution is 6.52. The lowest BCUT2D eigenvalue weighted by Crippen LogP contribution is -2.29. The van der Waals surface area contributed by atoms with E-state index in [-0.39, 0.29) is 48.4 Å². The van der Waals surface area contributed by atoms with Gasteiger partial charge in [0.2, 0.25) is 0 Å². The van der Waals surface area contributed by atoms with Crippen LogP contribution in [0.4, 0.5) is 5.69 Å². The molecular formula is C24H15Cl4NO5. The molecule has 34 heavy (non-hydrogen) atoms. The molecule has 3 aromatic carbocycles. The Kier molecular flexibility index (Phi) is 6.69. The molecule has 0 saturated carbocycles. The normalized spacial score (nSPS) is 17.3. The van der Waals surface area contributed by atoms with E-state index in [0.29, 0.717) is 5.56 Å². The molecule has 4 rings (SSSR count). The van der Waals surface area contributed by atoms with Crippen LogP contribution in [0, 0.1) is 0 Å². The Morgan fingerprint density at radius 3 is 2.32 bits per heavy atom. The maximum atomic E-state index is 13.3. The van der Waals surface area contributed by atoms with E-state index in [1.165, 1.54) is 54.5 Å². The van der Waals surface area contributed by atoms with Gasteiger partial charge in [-0.3, -0.25) is 14.5 Å². The van der Waals surface area contributed by atoms with Crippen molar-refractivity contribution in [1.29, 1.82) is 0 Å². The van der Waals surface area contributed by atoms with Crippen molar-refractivity contribution in [2.75, 3.05) is 12.0 Å². The summed E-state index contributed by atoms with van der Waals surface area (Å²) in [6.45, 7) is 0. The van der Waals surface area contributed by atoms with Crippen molar-refractivity contribution in [3.05, 3.63) is 91.4 Å². The number of phenolic OH excluding ortho intramolecular Hbond substituents is 1. The largest absolute Gasteiger partial charge is 0.508 e. The van der Waals surface area contributed by atoms with Gasteiger partial charge in [0.05, 0.1) is 39.4 Å². The van der Waals surface area contributed by atoms with Crippen LogP contribution in [0.15, 0.2) is 60.2 Å². The van der Waals surface area contributed by atoms with Crippen LogP contribution >= 0.6 is 46.4 Å². The van der Waals surface area contributed by atoms with Crippen LogP contribution in [-0.4, -0.2) is 29.0 Å². The van der Waals surface area contributed by atoms with Crippen molar-refractivity contribution < 1.29 is 24.5 Å². The van der Waals surface area contributed by atoms with Gasteiger partial charge in [-0.05, 0) is 48.0 Å². The summed E-state index contributed by atoms with van der Waals surface area (Å²) in [5.41, 5.74) is 0.398. The standard InChI is InChI=1S/C24H15Cl4NO5/c1-34-23-15(8-12(25)9-18(23)28)21(31)19-20(11-3-2-4-14(30)7-11)29(24(33)22(19)32)13-5-6-16(26)17(27)10-13/h2-10,20,30-31H,1H3/b21-19+. The molecule has 0 aromatic heterocycles. The van der Waals surface area contributed by atoms with E-state index in [4.69, 9.17) is 51.1 Å². The molecule has 2 N–H and O–H groups in total. The Labute approximate surface area is 214 Å². The van der Waals surface area contributed by atoms with Gasteiger partial charge >= 0.3 is 0 Å². The summed E-state index contributed by atoms with van der Waals surface area (Å²) in [5.74, 6) is -2.45. The third kappa shape index (κ3) is 4.18. The quantitative estimate of drug-likeness (QED) is 0.221. The van der Waals surface area contributed by atoms with Gasteiger partial charge in [-0.15, -0.1) is 0 Å². The Morgan fingerprint density at radius 1 is 0.941 bits per heavy atom. The smallest absolute Gasteiger partial charge is 0.300 e. The van der Waals surface area contributed by atoms with E-state index in [9.17, 15) is 19.8 Å². The van der Waals surface area contributed by atoms with Crippen LogP contribution in [0.25, 0.3) is 5.76 Å². The van der Waals surface area contributed by atoms with Crippen molar-refractivity contribution in [2.45, 2.75) is 6.04 Å². The number of ether oxygens (including phenoxy) is 1. The lowest BCUT2D eigenvalue weighted by molar-refractivity contribution is -0.132. The summed E-state index contributed by atoms with van der Waals surface area (Å²) < 4.78 is 5.31. The average molecular weight is 539 g/mol. The van der Waals surface area contributed by atoms with Crippen molar-refractivity contribution in [1.82, 2.24) is 0 Å². The van der Waals surface area contributed by atoms with Crippen LogP contribution < -0.4 is 9.64 Å². The molecule has 0 bridgehead atoms. The van der Waals surface area contributed by atoms with Crippen LogP contribution in [0.5, 0.6) is 11.5 Å². The molecule has 0 aliphatic carbocycles. The number of rotatable bonds is 4. The summed E-state index contributed by atoms with van der Waals surface area (Å²) >= 11 is 24.5. The van der Waals surface area contributed by atoms with Gasteiger partial charge in [-0.2, -0.15) is 0 Å². The highest BCUT2D eigenvalue weighted by Gasteiger charge is 2.47. The van der Waals surface area contributed by atoms with Gasteiger partial charge in [0.25, 0.3) is 11.7 Å². The molecular weight excluding hydrogens is 524 g/mol. The van der Waals surface area contributed by atoms with Crippen molar-refractivity contribution in [3.63, 3.8) is 0 Å². The number of halogens is 4. The predicted octanol–water partition coefficient (Wildman–Crippen LogP) is 6.64. The number of phenols is 1. The summed E-state index contributed by atoms with van der Waals surface area (Å²) in [6, 6.07) is 12.1. The molecule has 1 fully saturated rings. The number of hydrogen-bond donors (Lipinski definition) is 2. The zero-order valence-corrected chi connectivity index (χ0v) is 20.4. The number of anilines is 1. The van der Waals surface area contributed by atoms with E-state index < -0.39 is 23.5 Å². The molecule has 0 radical (unpaired) electrons. The van der Waals surface area contributed by atoms with Gasteiger partial charge in [0.1, 0.15) is 17.3 Å². The summed E-state index contributed by atoms with van der Waals surface area (Å²) in [6.07, 6.45) is 0. The molecule has 1 aliphatic rings. The third-order valence-electron chi connectivity index (χ3n) is 5.28. The maximum Gasteiger partial charge on any atom is 0.300 e. The number of benzene rings is 3. The lowest BCUT2D eigenvalue weighted by Gasteiger charge is -2.26. The number of ketones is 1. The number of aliphatic hydroxyl groups is 1. The van der Waals surface area contributed by atoms with E-state index in [1.807, 2.05) is 0 Å². The van der Waals surface area contributed by atoms with Crippen molar-refractivity contribution in [2.24, 2.45) is 0 Å². The van der Waals surface area contributed by atoms with E-state index in [0.717, 1.165) is 0 Å². The minimum Gasteiger partial charge on any atom is -0.508 e. The Balaban J connectivity index is 2.02. The number of aliphatic hydroxyl groups excluding tert-OH is 1. The molecule has 1 unspecified atom stereocenters. The van der Waals surface area contributed by atoms with Crippen LogP contribution in [0.3, 0.4) is 0 Å². The van der Waals surface area contributed by atoms with Gasteiger partial charge in [-0.1, -0.05) is 58.5 Å². The number of Topliss-reactive ketones (excluding diaryl/α,β-unsaturated/α-hetero) is 1. The number of carbonyl (C=O) groups is 2. The third-order valence-corrected chi connectivity index (χ3v) is 6.52. The molecule has 3 aromatic rings. The van der Waals surface area contributed by atoms with E-state index in [1.54, 1.807) is 12.1 Å². The molecule has 0 spiro atoms. The topological polar surface area (TPSA) is 87.1 Å². The Morgan fingerprint density at radius 2 is 1.68 bits per heavy atom. The fourth-order valence-electron chi connectivity index (χ4n) is 3.83. The second-order valence-corrected chi connectivity index (χ2v) is 8.99. The highest BCUT2D eigenvalue weighted by Crippen LogP contribution is 2.46. The minimum absolute atomic E-state index is 0.0253. The van der Waals surface area contributed by atoms with Crippen LogP contribution in [0.2, 0.25) is 20.1 Å². The average Bonchev–Trinajstić information content (AvgIpc) is 3.05. The van der Waals surface area contributed by atoms with Gasteiger partial charge in [-0.25, -0.2) is 0 Å². The first kappa shape index (κ1) is 24.2. The first-order valence-corrected chi connectivity index (χ1v) is 11.2. The van der Waals surface area contributed by atoms with Gasteiger partial charge in [0.15, 0.2) is 0 Å². The summed E-state index contributed by atoms with van der Waals surface area (Å²) in [4.78, 5) is 27.6. The van der Waals surface area contributed by atoms with Crippen molar-refractivity contribution in [3.8, 4) is 11.5 Å². The molecule has 1 atom stereocenters. The molecule has 1 heterocycles. The summed E-state index contributed by atoms with van der Waals surface area (Å²) in [5, 5.41) is 22.1. The number of hydrogen-bond acceptors (Lipinski definition) is 5. The van der Waals surface area contributed by atoms with E-state index in [2.05, 4.69) is 0 Å². The second-order valence-electron chi connectivity index (χ2n) is 7.33. The first-order chi connectivity index (χ1) is 16.1. The lowest BCUT2D eigenvalue weighted by atomic mass is 9.94. The van der Waals surface area contributed by atoms with Crippen molar-refractivity contribution >= 4 is 69.5 Å². The second kappa shape index (κ2) is 9.39. The molecule has 1 aliphatic heterocycles. The number of amides is 1. The molecule has 1 amide bonds. The fraction of sp³-hybridized carbons (Fsp3) is 0.0833. The predicted molar refractivity (Wildman–Crippen MR) is 132 cm³/mol. The maximum absolute atomic E-state index is 13.3. The SMILES string of the molecule is COc1c(Cl)cc(Cl)cc1/C(O)=C1\C(=O)C(=O)N(c2ccc(Cl)c(Cl)c2)C1c1cccc(O)c1. The number of carbonyl (C=O) groups excluding carboxylic acids is 2. The molecule has 10 heteroatoms. The minimum atomic E-state index is -1.12. The Bertz CT molecular complexity index is 1370. The van der Waals surface area contributed by atoms with Crippen LogP contribution in [0.1, 0.15) is 17.2 Å². The zero-order valence-electron chi connectivity index (χ0n) is 17.4. The number of aromatic hydroxyl groups is 1. The molecule has 6 nitrogen and oxygen atoms in total. The summed E-state index contributed by atoms with van der Waals surface area (Å²) in [7, 11) is 1.34. The fourth-order valence-corrected chi connectivity index (χ4v) is 4.70. The van der Waals surface area contributed by atoms with E-state index >= 15 is 0 Å². The highest BCUT2D eigenvalue weighted by atomic mass is 35.5. The number of nitrogens with zero attached hydrogens (tertiary/aromatic N) is 1. The Hall–Kier alpha value is -2.90.